The molecule has 2 heterocycles. The van der Waals surface area contributed by atoms with Crippen molar-refractivity contribution < 1.29 is 13.6 Å². The van der Waals surface area contributed by atoms with E-state index in [0.29, 0.717) is 0 Å². The molecule has 3 rings (SSSR count). The van der Waals surface area contributed by atoms with Gasteiger partial charge in [-0.25, -0.2) is 9.07 Å². The lowest BCUT2D eigenvalue weighted by atomic mass is 10.2. The number of carbonyl (C=O) groups is 1. The van der Waals surface area contributed by atoms with E-state index in [1.54, 1.807) is 18.2 Å². The van der Waals surface area contributed by atoms with E-state index in [0.717, 1.165) is 0 Å². The maximum absolute atomic E-state index is 13.7. The molecule has 0 saturated carbocycles. The number of carbonyl (C=O) groups excluding carboxylic acids is 1. The molecule has 6 heteroatoms. The van der Waals surface area contributed by atoms with Crippen LogP contribution < -0.4 is 5.73 Å². The summed E-state index contributed by atoms with van der Waals surface area (Å²) in [7, 11) is 0. The van der Waals surface area contributed by atoms with Gasteiger partial charge in [-0.3, -0.25) is 4.79 Å². The van der Waals surface area contributed by atoms with Crippen molar-refractivity contribution in [2.24, 2.45) is 0 Å². The fourth-order valence-electron chi connectivity index (χ4n) is 1.89. The van der Waals surface area contributed by atoms with Crippen molar-refractivity contribution in [2.45, 2.75) is 0 Å². The van der Waals surface area contributed by atoms with Crippen LogP contribution in [0.3, 0.4) is 0 Å². The summed E-state index contributed by atoms with van der Waals surface area (Å²) in [6, 6.07) is 9.18. The van der Waals surface area contributed by atoms with Crippen molar-refractivity contribution in [1.82, 2.24) is 9.78 Å². The summed E-state index contributed by atoms with van der Waals surface area (Å²) in [6.45, 7) is 0. The van der Waals surface area contributed by atoms with Crippen LogP contribution in [0, 0.1) is 5.82 Å². The smallest absolute Gasteiger partial charge is 0.233 e. The van der Waals surface area contributed by atoms with Crippen LogP contribution in [0.15, 0.2) is 53.3 Å². The number of nitrogens with zero attached hydrogens (tertiary/aromatic N) is 2. The standard InChI is InChI=1S/C14H10FN3O2/c15-10-4-1-2-5-11(10)18-14(16)9(8-17-18)13(19)12-6-3-7-20-12/h1-8H,16H2. The number of nitrogen functional groups attached to an aromatic ring is 1. The number of hydrogen-bond donors (Lipinski definition) is 1. The minimum atomic E-state index is -0.473. The Bertz CT molecular complexity index is 763. The van der Waals surface area contributed by atoms with Gasteiger partial charge in [-0.15, -0.1) is 0 Å². The molecule has 0 atom stereocenters. The average Bonchev–Trinajstić information content (AvgIpc) is 3.09. The molecule has 5 nitrogen and oxygen atoms in total. The highest BCUT2D eigenvalue weighted by Crippen LogP contribution is 2.21. The molecule has 0 bridgehead atoms. The molecule has 3 aromatic rings. The Morgan fingerprint density at radius 2 is 2.05 bits per heavy atom. The third-order valence-electron chi connectivity index (χ3n) is 2.88. The van der Waals surface area contributed by atoms with Gasteiger partial charge in [-0.05, 0) is 24.3 Å². The highest BCUT2D eigenvalue weighted by molar-refractivity contribution is 6.09. The Balaban J connectivity index is 2.06. The molecule has 0 spiro atoms. The summed E-state index contributed by atoms with van der Waals surface area (Å²) < 4.78 is 19.9. The Labute approximate surface area is 113 Å². The van der Waals surface area contributed by atoms with Gasteiger partial charge in [-0.2, -0.15) is 5.10 Å². The molecular formula is C14H10FN3O2. The van der Waals surface area contributed by atoms with E-state index in [9.17, 15) is 9.18 Å². The van der Waals surface area contributed by atoms with Crippen LogP contribution in [0.4, 0.5) is 10.2 Å². The van der Waals surface area contributed by atoms with Crippen molar-refractivity contribution in [3.05, 3.63) is 66.0 Å². The molecule has 1 aromatic carbocycles. The summed E-state index contributed by atoms with van der Waals surface area (Å²) in [6.07, 6.45) is 2.69. The fraction of sp³-hybridized carbons (Fsp3) is 0. The van der Waals surface area contributed by atoms with E-state index in [4.69, 9.17) is 10.2 Å². The molecule has 0 aliphatic rings. The van der Waals surface area contributed by atoms with Gasteiger partial charge < -0.3 is 10.2 Å². The molecule has 0 aliphatic heterocycles. The highest BCUT2D eigenvalue weighted by atomic mass is 19.1. The second kappa shape index (κ2) is 4.65. The topological polar surface area (TPSA) is 74.1 Å². The van der Waals surface area contributed by atoms with Gasteiger partial charge >= 0.3 is 0 Å². The Morgan fingerprint density at radius 1 is 1.25 bits per heavy atom. The van der Waals surface area contributed by atoms with Crippen LogP contribution in [0.1, 0.15) is 16.1 Å². The molecule has 0 saturated heterocycles. The summed E-state index contributed by atoms with van der Waals surface area (Å²) in [5, 5.41) is 3.97. The minimum Gasteiger partial charge on any atom is -0.461 e. The monoisotopic (exact) mass is 271 g/mol. The first-order chi connectivity index (χ1) is 9.68. The van der Waals surface area contributed by atoms with E-state index in [2.05, 4.69) is 5.10 Å². The van der Waals surface area contributed by atoms with Crippen LogP contribution in [0.2, 0.25) is 0 Å². The number of halogens is 1. The molecule has 2 N–H and O–H groups in total. The Kier molecular flexibility index (Phi) is 2.83. The van der Waals surface area contributed by atoms with Gasteiger partial charge in [0.1, 0.15) is 17.3 Å². The number of anilines is 1. The number of hydrogen-bond acceptors (Lipinski definition) is 4. The molecule has 0 fully saturated rings. The number of ketones is 1. The van der Waals surface area contributed by atoms with E-state index in [1.165, 1.54) is 35.3 Å². The predicted octanol–water partition coefficient (Wildman–Crippen LogP) is 2.42. The largest absolute Gasteiger partial charge is 0.461 e. The zero-order valence-electron chi connectivity index (χ0n) is 10.3. The van der Waals surface area contributed by atoms with Gasteiger partial charge in [0.15, 0.2) is 5.76 Å². The van der Waals surface area contributed by atoms with Crippen molar-refractivity contribution >= 4 is 11.6 Å². The van der Waals surface area contributed by atoms with E-state index < -0.39 is 11.6 Å². The number of benzene rings is 1. The SMILES string of the molecule is Nc1c(C(=O)c2ccco2)cnn1-c1ccccc1F. The van der Waals surface area contributed by atoms with Gasteiger partial charge in [0.25, 0.3) is 0 Å². The second-order valence-electron chi connectivity index (χ2n) is 4.11. The van der Waals surface area contributed by atoms with Crippen LogP contribution in [0.25, 0.3) is 5.69 Å². The molecular weight excluding hydrogens is 261 g/mol. The number of furan rings is 1. The average molecular weight is 271 g/mol. The molecule has 20 heavy (non-hydrogen) atoms. The highest BCUT2D eigenvalue weighted by Gasteiger charge is 2.20. The molecule has 2 aromatic heterocycles. The number of para-hydroxylation sites is 1. The van der Waals surface area contributed by atoms with Crippen molar-refractivity contribution in [3.63, 3.8) is 0 Å². The summed E-state index contributed by atoms with van der Waals surface area (Å²) >= 11 is 0. The normalized spacial score (nSPS) is 10.7. The molecule has 0 aliphatic carbocycles. The quantitative estimate of drug-likeness (QED) is 0.742. The van der Waals surface area contributed by atoms with E-state index >= 15 is 0 Å². The zero-order chi connectivity index (χ0) is 14.1. The lowest BCUT2D eigenvalue weighted by Crippen LogP contribution is -2.07. The van der Waals surface area contributed by atoms with Gasteiger partial charge in [0.2, 0.25) is 5.78 Å². The maximum atomic E-state index is 13.7. The molecule has 100 valence electrons. The van der Waals surface area contributed by atoms with Gasteiger partial charge in [-0.1, -0.05) is 12.1 Å². The third-order valence-corrected chi connectivity index (χ3v) is 2.88. The maximum Gasteiger partial charge on any atom is 0.233 e. The minimum absolute atomic E-state index is 0.0662. The van der Waals surface area contributed by atoms with E-state index in [1.807, 2.05) is 0 Å². The van der Waals surface area contributed by atoms with Crippen molar-refractivity contribution in [2.75, 3.05) is 5.73 Å². The Morgan fingerprint density at radius 3 is 2.75 bits per heavy atom. The number of nitrogens with two attached hydrogens (primary N) is 1. The number of aromatic nitrogens is 2. The van der Waals surface area contributed by atoms with Crippen LogP contribution in [0.5, 0.6) is 0 Å². The lowest BCUT2D eigenvalue weighted by molar-refractivity contribution is 0.101. The zero-order valence-corrected chi connectivity index (χ0v) is 10.3. The first-order valence-electron chi connectivity index (χ1n) is 5.85. The molecule has 0 radical (unpaired) electrons. The van der Waals surface area contributed by atoms with Gasteiger partial charge in [0.05, 0.1) is 18.0 Å². The third kappa shape index (κ3) is 1.87. The van der Waals surface area contributed by atoms with Crippen LogP contribution in [-0.4, -0.2) is 15.6 Å². The fourth-order valence-corrected chi connectivity index (χ4v) is 1.89. The van der Waals surface area contributed by atoms with Gasteiger partial charge in [0, 0.05) is 0 Å². The molecule has 0 amide bonds. The summed E-state index contributed by atoms with van der Waals surface area (Å²) in [5.74, 6) is -0.643. The lowest BCUT2D eigenvalue weighted by Gasteiger charge is -2.05. The summed E-state index contributed by atoms with van der Waals surface area (Å²) in [5.41, 5.74) is 6.24. The van der Waals surface area contributed by atoms with E-state index in [-0.39, 0.29) is 22.8 Å². The van der Waals surface area contributed by atoms with Crippen molar-refractivity contribution in [1.29, 1.82) is 0 Å². The summed E-state index contributed by atoms with van der Waals surface area (Å²) in [4.78, 5) is 12.1. The first kappa shape index (κ1) is 12.2. The first-order valence-corrected chi connectivity index (χ1v) is 5.85. The van der Waals surface area contributed by atoms with Crippen molar-refractivity contribution in [3.8, 4) is 5.69 Å². The Hall–Kier alpha value is -2.89. The van der Waals surface area contributed by atoms with Crippen LogP contribution in [-0.2, 0) is 0 Å². The van der Waals surface area contributed by atoms with Crippen LogP contribution >= 0.6 is 0 Å². The predicted molar refractivity (Wildman–Crippen MR) is 70.1 cm³/mol. The second-order valence-corrected chi connectivity index (χ2v) is 4.11. The number of rotatable bonds is 3. The molecule has 0 unspecified atom stereocenters.